The van der Waals surface area contributed by atoms with Crippen molar-refractivity contribution in [2.75, 3.05) is 6.61 Å². The number of aliphatic hydroxyl groups is 3. The van der Waals surface area contributed by atoms with Crippen LogP contribution in [0.3, 0.4) is 0 Å². The summed E-state index contributed by atoms with van der Waals surface area (Å²) >= 11 is 0. The summed E-state index contributed by atoms with van der Waals surface area (Å²) in [6.45, 7) is 11.4. The van der Waals surface area contributed by atoms with Crippen LogP contribution in [0.15, 0.2) is 25.3 Å². The number of hydrogen-bond acceptors (Lipinski definition) is 5. The summed E-state index contributed by atoms with van der Waals surface area (Å²) in [5.74, 6) is 0. The molecule has 0 aromatic rings. The molecule has 2 aliphatic heterocycles. The summed E-state index contributed by atoms with van der Waals surface area (Å²) in [5, 5.41) is 27.4. The molecule has 0 saturated carbocycles. The summed E-state index contributed by atoms with van der Waals surface area (Å²) in [4.78, 5) is 0. The molecule has 5 nitrogen and oxygen atoms in total. The van der Waals surface area contributed by atoms with Gasteiger partial charge in [0.25, 0.3) is 0 Å². The normalized spacial score (nSPS) is 47.8. The predicted octanol–water partition coefficient (Wildman–Crippen LogP) is 1.46. The van der Waals surface area contributed by atoms with Gasteiger partial charge in [0.05, 0.1) is 18.8 Å². The maximum atomic E-state index is 13.4. The molecule has 0 aliphatic carbocycles. The molecule has 2 saturated heterocycles. The van der Waals surface area contributed by atoms with Crippen LogP contribution in [0.25, 0.3) is 0 Å². The van der Waals surface area contributed by atoms with Crippen LogP contribution in [-0.2, 0) is 9.47 Å². The number of hydrogen-bond donors (Lipinski definition) is 3. The second-order valence-electron chi connectivity index (χ2n) is 6.26. The van der Waals surface area contributed by atoms with E-state index in [9.17, 15) is 19.0 Å². The third-order valence-corrected chi connectivity index (χ3v) is 4.80. The van der Waals surface area contributed by atoms with Crippen molar-refractivity contribution in [1.82, 2.24) is 0 Å². The highest BCUT2D eigenvalue weighted by molar-refractivity contribution is 5.11. The van der Waals surface area contributed by atoms with Crippen molar-refractivity contribution in [3.8, 4) is 0 Å². The molecule has 0 radical (unpaired) electrons. The molecular formula is C17H28F2O5. The third kappa shape index (κ3) is 3.55. The first-order chi connectivity index (χ1) is 11.1. The van der Waals surface area contributed by atoms with Crippen LogP contribution in [-0.4, -0.2) is 69.9 Å². The van der Waals surface area contributed by atoms with Crippen LogP contribution in [0, 0.1) is 0 Å². The maximum Gasteiger partial charge on any atom is 0.163 e. The highest BCUT2D eigenvalue weighted by atomic mass is 19.1. The van der Waals surface area contributed by atoms with Gasteiger partial charge in [0, 0.05) is 0 Å². The van der Waals surface area contributed by atoms with E-state index in [0.29, 0.717) is 6.42 Å². The number of aliphatic hydroxyl groups excluding tert-OH is 3. The van der Waals surface area contributed by atoms with Gasteiger partial charge in [-0.2, -0.15) is 0 Å². The summed E-state index contributed by atoms with van der Waals surface area (Å²) in [6, 6.07) is 0. The summed E-state index contributed by atoms with van der Waals surface area (Å²) < 4.78 is 37.1. The Morgan fingerprint density at radius 1 is 0.958 bits per heavy atom. The van der Waals surface area contributed by atoms with Gasteiger partial charge in [-0.15, -0.1) is 13.2 Å². The highest BCUT2D eigenvalue weighted by Gasteiger charge is 2.52. The van der Waals surface area contributed by atoms with Crippen LogP contribution in [0.1, 0.15) is 27.2 Å². The Kier molecular flexibility index (Phi) is 7.07. The molecule has 0 amide bonds. The van der Waals surface area contributed by atoms with E-state index in [1.807, 2.05) is 6.92 Å². The molecule has 8 atom stereocenters. The number of rotatable bonds is 4. The summed E-state index contributed by atoms with van der Waals surface area (Å²) in [6.07, 6.45) is -3.07. The molecule has 2 fully saturated rings. The Morgan fingerprint density at radius 2 is 1.33 bits per heavy atom. The number of ether oxygens (including phenoxy) is 2. The third-order valence-electron chi connectivity index (χ3n) is 4.80. The molecule has 2 aliphatic rings. The monoisotopic (exact) mass is 350 g/mol. The molecule has 0 spiro atoms. The smallest absolute Gasteiger partial charge is 0.163 e. The van der Waals surface area contributed by atoms with Crippen molar-refractivity contribution in [2.24, 2.45) is 0 Å². The lowest BCUT2D eigenvalue weighted by Crippen LogP contribution is -2.41. The van der Waals surface area contributed by atoms with Crippen LogP contribution in [0.5, 0.6) is 0 Å². The van der Waals surface area contributed by atoms with Crippen molar-refractivity contribution < 1.29 is 33.6 Å². The van der Waals surface area contributed by atoms with Gasteiger partial charge in [0.2, 0.25) is 0 Å². The van der Waals surface area contributed by atoms with Crippen molar-refractivity contribution in [3.63, 3.8) is 0 Å². The Morgan fingerprint density at radius 3 is 1.46 bits per heavy atom. The Balaban J connectivity index is 0.000000240. The molecule has 140 valence electrons. The van der Waals surface area contributed by atoms with Crippen LogP contribution in [0.4, 0.5) is 8.78 Å². The fourth-order valence-corrected chi connectivity index (χ4v) is 2.95. The zero-order chi connectivity index (χ0) is 18.7. The molecule has 0 unspecified atom stereocenters. The molecule has 2 heterocycles. The average molecular weight is 350 g/mol. The van der Waals surface area contributed by atoms with E-state index in [2.05, 4.69) is 13.2 Å². The number of alkyl halides is 2. The second kappa shape index (κ2) is 8.01. The lowest BCUT2D eigenvalue weighted by atomic mass is 9.93. The molecule has 0 aromatic carbocycles. The van der Waals surface area contributed by atoms with Gasteiger partial charge < -0.3 is 24.8 Å². The quantitative estimate of drug-likeness (QED) is 0.669. The van der Waals surface area contributed by atoms with Gasteiger partial charge in [-0.05, 0) is 20.3 Å². The van der Waals surface area contributed by atoms with Crippen LogP contribution >= 0.6 is 0 Å². The standard InChI is InChI=1S/C9H15FO2.C8H13FO3/c1-4-9(5-2)8(10)7(11)6(3)12-9;1-3-8(4-10)7(9)6(11)5(2)12-8/h4,6-8,11H,1,5H2,2-3H3;3,5-7,10-11H,1,4H2,2H3/t6-,7-,8-,9+;5-,6-,7-,8+/m00/s1. The zero-order valence-electron chi connectivity index (χ0n) is 14.4. The van der Waals surface area contributed by atoms with Crippen LogP contribution in [0.2, 0.25) is 0 Å². The van der Waals surface area contributed by atoms with Gasteiger partial charge in [-0.25, -0.2) is 8.78 Å². The predicted molar refractivity (Wildman–Crippen MR) is 86.1 cm³/mol. The largest absolute Gasteiger partial charge is 0.393 e. The maximum absolute atomic E-state index is 13.4. The highest BCUT2D eigenvalue weighted by Crippen LogP contribution is 2.37. The van der Waals surface area contributed by atoms with Gasteiger partial charge in [-0.3, -0.25) is 0 Å². The van der Waals surface area contributed by atoms with Crippen molar-refractivity contribution in [3.05, 3.63) is 25.3 Å². The SMILES string of the molecule is C=C[C@]1(CC)O[C@@H](C)[C@H](O)[C@@H]1F.C=C[C@]1(CO)O[C@@H](C)[C@H](O)[C@@H]1F. The minimum atomic E-state index is -1.60. The fraction of sp³-hybridized carbons (Fsp3) is 0.765. The molecule has 7 heteroatoms. The van der Waals surface area contributed by atoms with Crippen molar-refractivity contribution in [1.29, 1.82) is 0 Å². The van der Waals surface area contributed by atoms with E-state index in [1.54, 1.807) is 13.8 Å². The van der Waals surface area contributed by atoms with Gasteiger partial charge >= 0.3 is 0 Å². The Hall–Kier alpha value is -0.860. The molecule has 2 rings (SSSR count). The van der Waals surface area contributed by atoms with Crippen LogP contribution < -0.4 is 0 Å². The summed E-state index contributed by atoms with van der Waals surface area (Å²) in [7, 11) is 0. The fourth-order valence-electron chi connectivity index (χ4n) is 2.95. The van der Waals surface area contributed by atoms with E-state index < -0.39 is 54.6 Å². The topological polar surface area (TPSA) is 79.2 Å². The second-order valence-corrected chi connectivity index (χ2v) is 6.26. The Labute approximate surface area is 141 Å². The van der Waals surface area contributed by atoms with Crippen molar-refractivity contribution in [2.45, 2.75) is 75.2 Å². The van der Waals surface area contributed by atoms with E-state index in [1.165, 1.54) is 12.2 Å². The van der Waals surface area contributed by atoms with E-state index >= 15 is 0 Å². The lowest BCUT2D eigenvalue weighted by Gasteiger charge is -2.25. The summed E-state index contributed by atoms with van der Waals surface area (Å²) in [5.41, 5.74) is -2.39. The van der Waals surface area contributed by atoms with Gasteiger partial charge in [0.15, 0.2) is 12.3 Å². The lowest BCUT2D eigenvalue weighted by molar-refractivity contribution is -0.0572. The minimum Gasteiger partial charge on any atom is -0.393 e. The first-order valence-corrected chi connectivity index (χ1v) is 8.02. The molecule has 24 heavy (non-hydrogen) atoms. The molecule has 3 N–H and O–H groups in total. The first kappa shape index (κ1) is 21.2. The van der Waals surface area contributed by atoms with E-state index in [-0.39, 0.29) is 0 Å². The van der Waals surface area contributed by atoms with E-state index in [4.69, 9.17) is 14.6 Å². The zero-order valence-corrected chi connectivity index (χ0v) is 14.4. The first-order valence-electron chi connectivity index (χ1n) is 8.02. The minimum absolute atomic E-state index is 0.446. The number of halogens is 2. The average Bonchev–Trinajstić information content (AvgIpc) is 2.95. The molecular weight excluding hydrogens is 322 g/mol. The van der Waals surface area contributed by atoms with Crippen molar-refractivity contribution >= 4 is 0 Å². The van der Waals surface area contributed by atoms with Gasteiger partial charge in [-0.1, -0.05) is 19.1 Å². The van der Waals surface area contributed by atoms with E-state index in [0.717, 1.165) is 0 Å². The molecule has 0 bridgehead atoms. The molecule has 0 aromatic heterocycles. The van der Waals surface area contributed by atoms with Gasteiger partial charge in [0.1, 0.15) is 23.4 Å². The Bertz CT molecular complexity index is 409.